The summed E-state index contributed by atoms with van der Waals surface area (Å²) in [4.78, 5) is 0. The summed E-state index contributed by atoms with van der Waals surface area (Å²) in [6.45, 7) is 0. The SMILES string of the molecule is OC(c1ccc(Br)cc1)c1ccc(F)cc1I. The van der Waals surface area contributed by atoms with Crippen molar-refractivity contribution in [3.05, 3.63) is 67.5 Å². The normalized spacial score (nSPS) is 12.5. The van der Waals surface area contributed by atoms with Crippen LogP contribution in [-0.4, -0.2) is 5.11 Å². The van der Waals surface area contributed by atoms with Gasteiger partial charge in [0.1, 0.15) is 11.9 Å². The molecule has 0 bridgehead atoms. The summed E-state index contributed by atoms with van der Waals surface area (Å²) in [5.41, 5.74) is 1.51. The Morgan fingerprint density at radius 3 is 2.35 bits per heavy atom. The van der Waals surface area contributed by atoms with E-state index < -0.39 is 6.10 Å². The number of aliphatic hydroxyl groups excluding tert-OH is 1. The van der Waals surface area contributed by atoms with E-state index in [4.69, 9.17) is 0 Å². The Morgan fingerprint density at radius 1 is 1.12 bits per heavy atom. The van der Waals surface area contributed by atoms with Crippen LogP contribution in [0.25, 0.3) is 0 Å². The van der Waals surface area contributed by atoms with Crippen LogP contribution < -0.4 is 0 Å². The molecule has 2 rings (SSSR count). The van der Waals surface area contributed by atoms with Crippen molar-refractivity contribution in [2.45, 2.75) is 6.10 Å². The fourth-order valence-corrected chi connectivity index (χ4v) is 2.58. The molecule has 2 aromatic rings. The van der Waals surface area contributed by atoms with Crippen molar-refractivity contribution >= 4 is 38.5 Å². The van der Waals surface area contributed by atoms with Crippen LogP contribution in [0.4, 0.5) is 4.39 Å². The van der Waals surface area contributed by atoms with E-state index >= 15 is 0 Å². The number of rotatable bonds is 2. The molecule has 0 radical (unpaired) electrons. The van der Waals surface area contributed by atoms with Gasteiger partial charge in [-0.1, -0.05) is 34.1 Å². The van der Waals surface area contributed by atoms with Crippen LogP contribution >= 0.6 is 38.5 Å². The van der Waals surface area contributed by atoms with E-state index in [0.29, 0.717) is 5.56 Å². The molecule has 88 valence electrons. The Morgan fingerprint density at radius 2 is 1.76 bits per heavy atom. The first-order valence-corrected chi connectivity index (χ1v) is 6.83. The highest BCUT2D eigenvalue weighted by Crippen LogP contribution is 2.27. The van der Waals surface area contributed by atoms with Crippen LogP contribution in [0.2, 0.25) is 0 Å². The second-order valence-corrected chi connectivity index (χ2v) is 5.70. The van der Waals surface area contributed by atoms with Crippen molar-refractivity contribution in [3.63, 3.8) is 0 Å². The van der Waals surface area contributed by atoms with E-state index in [1.54, 1.807) is 6.07 Å². The molecule has 0 spiro atoms. The van der Waals surface area contributed by atoms with Crippen molar-refractivity contribution in [3.8, 4) is 0 Å². The van der Waals surface area contributed by atoms with Crippen molar-refractivity contribution in [2.75, 3.05) is 0 Å². The maximum absolute atomic E-state index is 13.0. The van der Waals surface area contributed by atoms with Gasteiger partial charge in [0.15, 0.2) is 0 Å². The van der Waals surface area contributed by atoms with Crippen LogP contribution in [0.1, 0.15) is 17.2 Å². The lowest BCUT2D eigenvalue weighted by molar-refractivity contribution is 0.219. The van der Waals surface area contributed by atoms with Crippen molar-refractivity contribution in [1.82, 2.24) is 0 Å². The summed E-state index contributed by atoms with van der Waals surface area (Å²) in [7, 11) is 0. The van der Waals surface area contributed by atoms with Crippen LogP contribution in [0.15, 0.2) is 46.9 Å². The van der Waals surface area contributed by atoms with Gasteiger partial charge in [-0.05, 0) is 58.0 Å². The third-order valence-corrected chi connectivity index (χ3v) is 3.91. The standard InChI is InChI=1S/C13H9BrFIO/c14-9-3-1-8(2-4-9)13(17)11-6-5-10(15)7-12(11)16/h1-7,13,17H. The molecule has 0 aliphatic rings. The lowest BCUT2D eigenvalue weighted by Crippen LogP contribution is -2.02. The summed E-state index contributed by atoms with van der Waals surface area (Å²) in [6, 6.07) is 11.8. The minimum absolute atomic E-state index is 0.291. The number of aliphatic hydroxyl groups is 1. The fourth-order valence-electron chi connectivity index (χ4n) is 1.55. The molecule has 0 aliphatic heterocycles. The molecule has 0 amide bonds. The van der Waals surface area contributed by atoms with E-state index in [9.17, 15) is 9.50 Å². The van der Waals surface area contributed by atoms with Gasteiger partial charge in [0.2, 0.25) is 0 Å². The highest BCUT2D eigenvalue weighted by Gasteiger charge is 2.13. The molecule has 2 aromatic carbocycles. The zero-order chi connectivity index (χ0) is 12.4. The topological polar surface area (TPSA) is 20.2 Å². The summed E-state index contributed by atoms with van der Waals surface area (Å²) in [5, 5.41) is 10.2. The Labute approximate surface area is 121 Å². The molecular weight excluding hydrogens is 398 g/mol. The molecule has 1 N–H and O–H groups in total. The highest BCUT2D eigenvalue weighted by atomic mass is 127. The van der Waals surface area contributed by atoms with Crippen LogP contribution in [0, 0.1) is 9.39 Å². The first kappa shape index (κ1) is 13.0. The van der Waals surface area contributed by atoms with Gasteiger partial charge in [0.05, 0.1) is 0 Å². The van der Waals surface area contributed by atoms with Gasteiger partial charge >= 0.3 is 0 Å². The predicted molar refractivity (Wildman–Crippen MR) is 77.3 cm³/mol. The summed E-state index contributed by atoms with van der Waals surface area (Å²) >= 11 is 5.37. The van der Waals surface area contributed by atoms with Gasteiger partial charge in [-0.15, -0.1) is 0 Å². The van der Waals surface area contributed by atoms with Crippen LogP contribution in [0.5, 0.6) is 0 Å². The zero-order valence-electron chi connectivity index (χ0n) is 8.70. The van der Waals surface area contributed by atoms with Gasteiger partial charge in [-0.3, -0.25) is 0 Å². The second-order valence-electron chi connectivity index (χ2n) is 3.62. The van der Waals surface area contributed by atoms with Gasteiger partial charge in [0, 0.05) is 8.04 Å². The van der Waals surface area contributed by atoms with Gasteiger partial charge in [-0.25, -0.2) is 4.39 Å². The van der Waals surface area contributed by atoms with Crippen LogP contribution in [-0.2, 0) is 0 Å². The van der Waals surface area contributed by atoms with E-state index in [1.165, 1.54) is 12.1 Å². The van der Waals surface area contributed by atoms with Gasteiger partial charge < -0.3 is 5.11 Å². The molecule has 0 saturated carbocycles. The van der Waals surface area contributed by atoms with Crippen LogP contribution in [0.3, 0.4) is 0 Å². The molecule has 0 saturated heterocycles. The van der Waals surface area contributed by atoms with Gasteiger partial charge in [-0.2, -0.15) is 0 Å². The molecule has 17 heavy (non-hydrogen) atoms. The fraction of sp³-hybridized carbons (Fsp3) is 0.0769. The summed E-state index contributed by atoms with van der Waals surface area (Å²) in [6.07, 6.45) is -0.726. The molecule has 4 heteroatoms. The van der Waals surface area contributed by atoms with Crippen molar-refractivity contribution in [2.24, 2.45) is 0 Å². The van der Waals surface area contributed by atoms with Gasteiger partial charge in [0.25, 0.3) is 0 Å². The van der Waals surface area contributed by atoms with E-state index in [0.717, 1.165) is 13.6 Å². The molecule has 1 nitrogen and oxygen atoms in total. The van der Waals surface area contributed by atoms with Crippen molar-refractivity contribution < 1.29 is 9.50 Å². The monoisotopic (exact) mass is 406 g/mol. The predicted octanol–water partition coefficient (Wildman–Crippen LogP) is 4.27. The lowest BCUT2D eigenvalue weighted by Gasteiger charge is -2.13. The molecular formula is C13H9BrFIO. The van der Waals surface area contributed by atoms with E-state index in [-0.39, 0.29) is 5.82 Å². The zero-order valence-corrected chi connectivity index (χ0v) is 12.4. The largest absolute Gasteiger partial charge is 0.384 e. The first-order valence-electron chi connectivity index (χ1n) is 4.96. The first-order chi connectivity index (χ1) is 8.08. The second kappa shape index (κ2) is 5.46. The van der Waals surface area contributed by atoms with E-state index in [1.807, 2.05) is 46.9 Å². The number of hydrogen-bond donors (Lipinski definition) is 1. The highest BCUT2D eigenvalue weighted by molar-refractivity contribution is 14.1. The number of hydrogen-bond acceptors (Lipinski definition) is 1. The molecule has 1 unspecified atom stereocenters. The summed E-state index contributed by atoms with van der Waals surface area (Å²) < 4.78 is 14.7. The third-order valence-electron chi connectivity index (χ3n) is 2.44. The maximum Gasteiger partial charge on any atom is 0.124 e. The molecule has 0 aromatic heterocycles. The molecule has 0 aliphatic carbocycles. The smallest absolute Gasteiger partial charge is 0.124 e. The maximum atomic E-state index is 13.0. The number of benzene rings is 2. The Hall–Kier alpha value is -0.460. The average Bonchev–Trinajstić information content (AvgIpc) is 2.29. The minimum Gasteiger partial charge on any atom is -0.384 e. The number of halogens is 3. The molecule has 1 atom stereocenters. The Balaban J connectivity index is 2.36. The average molecular weight is 407 g/mol. The van der Waals surface area contributed by atoms with Crippen molar-refractivity contribution in [1.29, 1.82) is 0 Å². The quantitative estimate of drug-likeness (QED) is 0.738. The Bertz CT molecular complexity index is 527. The third kappa shape index (κ3) is 3.05. The molecule has 0 heterocycles. The van der Waals surface area contributed by atoms with E-state index in [2.05, 4.69) is 15.9 Å². The lowest BCUT2D eigenvalue weighted by atomic mass is 10.0. The molecule has 0 fully saturated rings. The Kier molecular flexibility index (Phi) is 4.17. The summed E-state index contributed by atoms with van der Waals surface area (Å²) in [5.74, 6) is -0.291. The minimum atomic E-state index is -0.726.